The normalized spacial score (nSPS) is 27.7. The number of guanidine groups is 1. The molecule has 1 saturated carbocycles. The first-order valence-corrected chi connectivity index (χ1v) is 17.8. The van der Waals surface area contributed by atoms with E-state index >= 15 is 0 Å². The van der Waals surface area contributed by atoms with Gasteiger partial charge in [0.2, 0.25) is 17.7 Å². The van der Waals surface area contributed by atoms with Crippen molar-refractivity contribution in [1.82, 2.24) is 20.4 Å². The molecule has 3 fully saturated rings. The van der Waals surface area contributed by atoms with Gasteiger partial charge < -0.3 is 45.7 Å². The minimum Gasteiger partial charge on any atom is -0.393 e. The molecule has 3 amide bonds. The van der Waals surface area contributed by atoms with Crippen molar-refractivity contribution in [3.63, 3.8) is 0 Å². The van der Waals surface area contributed by atoms with Crippen molar-refractivity contribution >= 4 is 45.7 Å². The van der Waals surface area contributed by atoms with Crippen molar-refractivity contribution in [1.29, 1.82) is 5.41 Å². The lowest BCUT2D eigenvalue weighted by molar-refractivity contribution is -0.147. The number of fused-ring (bicyclic) bond motifs is 1. The minimum atomic E-state index is -4.82. The summed E-state index contributed by atoms with van der Waals surface area (Å²) >= 11 is 6.04. The molecule has 1 aromatic carbocycles. The highest BCUT2D eigenvalue weighted by molar-refractivity contribution is 7.81. The molecule has 4 rings (SSSR count). The van der Waals surface area contributed by atoms with Crippen molar-refractivity contribution in [3.05, 3.63) is 28.8 Å². The van der Waals surface area contributed by atoms with Crippen molar-refractivity contribution in [2.75, 3.05) is 6.54 Å². The molecular weight excluding hydrogens is 672 g/mol. The second kappa shape index (κ2) is 15.6. The van der Waals surface area contributed by atoms with Crippen LogP contribution < -0.4 is 20.6 Å². The Morgan fingerprint density at radius 3 is 2.52 bits per heavy atom. The summed E-state index contributed by atoms with van der Waals surface area (Å²) in [5.74, 6) is -3.05. The second-order valence-electron chi connectivity index (χ2n) is 12.9. The zero-order valence-corrected chi connectivity index (χ0v) is 28.4. The third kappa shape index (κ3) is 8.87. The fraction of sp³-hybridized carbons (Fsp3) is 0.667. The fourth-order valence-corrected chi connectivity index (χ4v) is 7.58. The Kier molecular flexibility index (Phi) is 12.2. The number of hydrogen-bond acceptors (Lipinski definition) is 10. The average molecular weight is 717 g/mol. The average Bonchev–Trinajstić information content (AvgIpc) is 3.39. The second-order valence-corrected chi connectivity index (χ2v) is 14.3. The van der Waals surface area contributed by atoms with E-state index in [4.69, 9.17) is 27.3 Å². The lowest BCUT2D eigenvalue weighted by atomic mass is 9.83. The van der Waals surface area contributed by atoms with Crippen LogP contribution >= 0.6 is 11.6 Å². The quantitative estimate of drug-likeness (QED) is 0.0847. The van der Waals surface area contributed by atoms with Crippen molar-refractivity contribution in [3.8, 4) is 5.75 Å². The summed E-state index contributed by atoms with van der Waals surface area (Å²) in [5, 5.41) is 45.2. The highest BCUT2D eigenvalue weighted by atomic mass is 35.5. The molecule has 9 atom stereocenters. The Hall–Kier alpha value is -3.22. The molecule has 18 heteroatoms. The summed E-state index contributed by atoms with van der Waals surface area (Å²) in [5.41, 5.74) is 5.94. The highest BCUT2D eigenvalue weighted by Crippen LogP contribution is 2.41. The summed E-state index contributed by atoms with van der Waals surface area (Å²) < 4.78 is 35.3. The summed E-state index contributed by atoms with van der Waals surface area (Å²) in [6.07, 6.45) is -0.609. The molecule has 0 spiro atoms. The van der Waals surface area contributed by atoms with Crippen LogP contribution in [0, 0.1) is 17.2 Å². The van der Waals surface area contributed by atoms with Gasteiger partial charge in [-0.05, 0) is 68.1 Å². The lowest BCUT2D eigenvalue weighted by Gasteiger charge is -2.40. The van der Waals surface area contributed by atoms with Crippen LogP contribution in [-0.4, -0.2) is 111 Å². The first-order valence-electron chi connectivity index (χ1n) is 16.0. The number of carbonyl (C=O) groups is 3. The molecule has 2 aliphatic heterocycles. The fourth-order valence-electron chi connectivity index (χ4n) is 6.92. The number of nitrogens with one attached hydrogen (secondary N) is 3. The molecule has 1 aliphatic carbocycles. The third-order valence-corrected chi connectivity index (χ3v) is 10.3. The van der Waals surface area contributed by atoms with E-state index in [1.54, 1.807) is 6.92 Å². The van der Waals surface area contributed by atoms with Crippen LogP contribution in [0.15, 0.2) is 18.2 Å². The number of benzene rings is 1. The largest absolute Gasteiger partial charge is 0.446 e. The Balaban J connectivity index is 1.53. The van der Waals surface area contributed by atoms with Crippen LogP contribution in [0.1, 0.15) is 64.4 Å². The van der Waals surface area contributed by atoms with Gasteiger partial charge in [0.1, 0.15) is 24.4 Å². The topological polar surface area (TPSA) is 256 Å². The van der Waals surface area contributed by atoms with Gasteiger partial charge in [0.15, 0.2) is 11.7 Å². The van der Waals surface area contributed by atoms with Gasteiger partial charge in [0.25, 0.3) is 0 Å². The maximum atomic E-state index is 14.4. The number of likely N-dealkylation sites (tertiary alicyclic amines) is 2. The molecule has 9 N–H and O–H groups in total. The van der Waals surface area contributed by atoms with E-state index in [-0.39, 0.29) is 35.5 Å². The summed E-state index contributed by atoms with van der Waals surface area (Å²) in [7, 11) is -4.82. The van der Waals surface area contributed by atoms with Crippen LogP contribution in [0.25, 0.3) is 0 Å². The van der Waals surface area contributed by atoms with Crippen LogP contribution in [-0.2, 0) is 31.2 Å². The summed E-state index contributed by atoms with van der Waals surface area (Å²) in [4.78, 5) is 44.3. The van der Waals surface area contributed by atoms with Gasteiger partial charge >= 0.3 is 10.4 Å². The van der Waals surface area contributed by atoms with E-state index in [1.807, 2.05) is 6.92 Å². The number of nitrogens with two attached hydrogens (primary N) is 1. The number of aliphatic hydroxyl groups excluding tert-OH is 3. The molecule has 2 saturated heterocycles. The number of aliphatic hydroxyl groups is 3. The van der Waals surface area contributed by atoms with E-state index in [9.17, 15) is 38.1 Å². The van der Waals surface area contributed by atoms with Gasteiger partial charge in [-0.25, -0.2) is 0 Å². The van der Waals surface area contributed by atoms with Gasteiger partial charge in [-0.2, -0.15) is 8.42 Å². The first kappa shape index (κ1) is 37.6. The smallest absolute Gasteiger partial charge is 0.393 e. The predicted molar refractivity (Wildman–Crippen MR) is 173 cm³/mol. The van der Waals surface area contributed by atoms with Crippen LogP contribution in [0.3, 0.4) is 0 Å². The summed E-state index contributed by atoms with van der Waals surface area (Å²) in [6, 6.07) is 0.477. The monoisotopic (exact) mass is 716 g/mol. The van der Waals surface area contributed by atoms with Crippen LogP contribution in [0.5, 0.6) is 5.75 Å². The van der Waals surface area contributed by atoms with Crippen molar-refractivity contribution in [2.45, 2.75) is 108 Å². The number of rotatable bonds is 11. The van der Waals surface area contributed by atoms with Crippen molar-refractivity contribution in [2.24, 2.45) is 17.6 Å². The Bertz CT molecular complexity index is 1480. The third-order valence-electron chi connectivity index (χ3n) is 9.63. The van der Waals surface area contributed by atoms with Gasteiger partial charge in [-0.3, -0.25) is 24.3 Å². The number of carbonyl (C=O) groups excluding carboxylic acids is 3. The molecule has 268 valence electrons. The Morgan fingerprint density at radius 1 is 1.19 bits per heavy atom. The number of hydrogen-bond donors (Lipinski definition) is 8. The maximum absolute atomic E-state index is 14.4. The van der Waals surface area contributed by atoms with Crippen LogP contribution in [0.2, 0.25) is 5.02 Å². The van der Waals surface area contributed by atoms with E-state index in [2.05, 4.69) is 14.8 Å². The van der Waals surface area contributed by atoms with E-state index in [0.29, 0.717) is 50.6 Å². The first-order chi connectivity index (χ1) is 22.5. The van der Waals surface area contributed by atoms with Crippen LogP contribution in [0.4, 0.5) is 0 Å². The zero-order chi connectivity index (χ0) is 35.5. The molecule has 3 aliphatic rings. The molecular formula is C30H45ClN6O10S. The van der Waals surface area contributed by atoms with E-state index in [1.165, 1.54) is 21.9 Å². The number of halogens is 1. The molecule has 48 heavy (non-hydrogen) atoms. The lowest BCUT2D eigenvalue weighted by Crippen LogP contribution is -2.62. The Labute approximate surface area is 284 Å². The molecule has 16 nitrogen and oxygen atoms in total. The SMILES string of the molecule is CCC(C)C(NC(=O)C(O)Cc1ccc(OS(=O)(=O)O)c(Cl)c1)C(=O)N1C(C(=O)NC2CCCN(C(=N)N)C2O)CC2CCC(O)CC21. The molecule has 9 unspecified atom stereocenters. The zero-order valence-electron chi connectivity index (χ0n) is 26.8. The van der Waals surface area contributed by atoms with E-state index < -0.39 is 76.6 Å². The Morgan fingerprint density at radius 2 is 1.90 bits per heavy atom. The standard InChI is InChI=1S/C30H45ClN6O10S/c1-3-15(2)25(35-27(41)23(39)12-16-6-9-24(19(31)11-16)47-48(44,45)46)29(43)37-21-14-18(38)8-7-17(21)13-22(37)26(40)34-20-5-4-10-36(28(20)42)30(32)33/h6,9,11,15,17-18,20-23,25,28,38-39,42H,3-5,7-8,10,12-14H2,1-2H3,(H3,32,33)(H,34,40)(H,35,41)(H,44,45,46). The van der Waals surface area contributed by atoms with Gasteiger partial charge in [-0.15, -0.1) is 0 Å². The molecule has 2 heterocycles. The van der Waals surface area contributed by atoms with Gasteiger partial charge in [0.05, 0.1) is 17.2 Å². The number of amides is 3. The molecule has 0 aromatic heterocycles. The summed E-state index contributed by atoms with van der Waals surface area (Å²) in [6.45, 7) is 3.95. The molecule has 1 aromatic rings. The molecule has 0 radical (unpaired) electrons. The van der Waals surface area contributed by atoms with E-state index in [0.717, 1.165) is 6.07 Å². The number of nitrogens with zero attached hydrogens (tertiary/aromatic N) is 2. The van der Waals surface area contributed by atoms with Crippen molar-refractivity contribution < 1.29 is 46.9 Å². The number of piperidine rings is 1. The predicted octanol–water partition coefficient (Wildman–Crippen LogP) is -0.121. The van der Waals surface area contributed by atoms with Gasteiger partial charge in [0, 0.05) is 19.0 Å². The molecule has 0 bridgehead atoms. The highest BCUT2D eigenvalue weighted by Gasteiger charge is 2.51. The maximum Gasteiger partial charge on any atom is 0.446 e. The minimum absolute atomic E-state index is 0.0745. The van der Waals surface area contributed by atoms with Gasteiger partial charge in [-0.1, -0.05) is 37.9 Å².